The van der Waals surface area contributed by atoms with Crippen molar-refractivity contribution >= 4 is 0 Å². The van der Waals surface area contributed by atoms with E-state index >= 15 is 0 Å². The van der Waals surface area contributed by atoms with Crippen molar-refractivity contribution in [2.45, 2.75) is 38.0 Å². The average Bonchev–Trinajstić information content (AvgIpc) is 2.38. The maximum absolute atomic E-state index is 6.07. The quantitative estimate of drug-likeness (QED) is 0.807. The van der Waals surface area contributed by atoms with E-state index in [4.69, 9.17) is 9.47 Å². The summed E-state index contributed by atoms with van der Waals surface area (Å²) in [6.07, 6.45) is 1.21. The molecule has 17 heavy (non-hydrogen) atoms. The van der Waals surface area contributed by atoms with E-state index in [1.54, 1.807) is 0 Å². The van der Waals surface area contributed by atoms with Gasteiger partial charge in [0.1, 0.15) is 18.5 Å². The zero-order chi connectivity index (χ0) is 11.9. The van der Waals surface area contributed by atoms with Crippen LogP contribution < -0.4 is 10.1 Å². The van der Waals surface area contributed by atoms with Crippen LogP contribution in [0, 0.1) is 0 Å². The maximum Gasteiger partial charge on any atom is 0.125 e. The number of rotatable bonds is 1. The number of fused-ring (bicyclic) bond motifs is 3. The van der Waals surface area contributed by atoms with Crippen molar-refractivity contribution in [3.63, 3.8) is 0 Å². The second-order valence-electron chi connectivity index (χ2n) is 5.25. The monoisotopic (exact) mass is 233 g/mol. The van der Waals surface area contributed by atoms with E-state index in [9.17, 15) is 0 Å². The average molecular weight is 233 g/mol. The topological polar surface area (TPSA) is 30.5 Å². The molecule has 0 aromatic heterocycles. The Kier molecular flexibility index (Phi) is 2.60. The number of benzene rings is 1. The lowest BCUT2D eigenvalue weighted by atomic mass is 9.90. The van der Waals surface area contributed by atoms with Crippen LogP contribution in [0.25, 0.3) is 0 Å². The SMILES string of the molecule is CCC1(C)COC2c3ccccc3OCC2N1. The molecule has 0 aliphatic carbocycles. The van der Waals surface area contributed by atoms with E-state index in [-0.39, 0.29) is 17.7 Å². The molecule has 0 bridgehead atoms. The van der Waals surface area contributed by atoms with Gasteiger partial charge in [-0.1, -0.05) is 25.1 Å². The Labute approximate surface area is 102 Å². The van der Waals surface area contributed by atoms with E-state index in [1.165, 1.54) is 5.56 Å². The Morgan fingerprint density at radius 2 is 2.24 bits per heavy atom. The number of ether oxygens (including phenoxy) is 2. The summed E-state index contributed by atoms with van der Waals surface area (Å²) in [5.74, 6) is 0.968. The van der Waals surface area contributed by atoms with Crippen LogP contribution in [0.4, 0.5) is 0 Å². The molecule has 0 saturated carbocycles. The first kappa shape index (κ1) is 11.1. The maximum atomic E-state index is 6.07. The van der Waals surface area contributed by atoms with Crippen molar-refractivity contribution in [1.29, 1.82) is 0 Å². The van der Waals surface area contributed by atoms with Gasteiger partial charge in [0.05, 0.1) is 12.6 Å². The lowest BCUT2D eigenvalue weighted by molar-refractivity contribution is -0.0797. The molecule has 3 nitrogen and oxygen atoms in total. The molecular formula is C14H19NO2. The van der Waals surface area contributed by atoms with Crippen LogP contribution in [-0.2, 0) is 4.74 Å². The van der Waals surface area contributed by atoms with Crippen LogP contribution in [0.2, 0.25) is 0 Å². The molecular weight excluding hydrogens is 214 g/mol. The Balaban J connectivity index is 1.88. The molecule has 3 rings (SSSR count). The first-order valence-corrected chi connectivity index (χ1v) is 6.33. The molecule has 0 radical (unpaired) electrons. The summed E-state index contributed by atoms with van der Waals surface area (Å²) < 4.78 is 11.9. The van der Waals surface area contributed by atoms with Gasteiger partial charge < -0.3 is 14.8 Å². The van der Waals surface area contributed by atoms with Crippen LogP contribution in [-0.4, -0.2) is 24.8 Å². The molecule has 2 heterocycles. The number of hydrogen-bond donors (Lipinski definition) is 1. The minimum absolute atomic E-state index is 0.0802. The van der Waals surface area contributed by atoms with Gasteiger partial charge in [0.25, 0.3) is 0 Å². The number of morpholine rings is 1. The smallest absolute Gasteiger partial charge is 0.125 e. The highest BCUT2D eigenvalue weighted by Gasteiger charge is 2.41. The van der Waals surface area contributed by atoms with Gasteiger partial charge in [-0.3, -0.25) is 0 Å². The van der Waals surface area contributed by atoms with Crippen LogP contribution in [0.3, 0.4) is 0 Å². The van der Waals surface area contributed by atoms with E-state index in [0.717, 1.165) is 18.8 Å². The minimum atomic E-state index is 0.0802. The predicted octanol–water partition coefficient (Wildman–Crippen LogP) is 2.28. The second-order valence-corrected chi connectivity index (χ2v) is 5.25. The zero-order valence-electron chi connectivity index (χ0n) is 10.4. The largest absolute Gasteiger partial charge is 0.491 e. The van der Waals surface area contributed by atoms with Gasteiger partial charge in [0.15, 0.2) is 0 Å². The Bertz CT molecular complexity index is 420. The highest BCUT2D eigenvalue weighted by atomic mass is 16.5. The molecule has 3 atom stereocenters. The molecule has 3 unspecified atom stereocenters. The highest BCUT2D eigenvalue weighted by Crippen LogP contribution is 2.38. The molecule has 0 spiro atoms. The van der Waals surface area contributed by atoms with Gasteiger partial charge in [-0.15, -0.1) is 0 Å². The van der Waals surface area contributed by atoms with Crippen molar-refractivity contribution in [3.8, 4) is 5.75 Å². The first-order chi connectivity index (χ1) is 8.22. The fraction of sp³-hybridized carbons (Fsp3) is 0.571. The first-order valence-electron chi connectivity index (χ1n) is 6.33. The van der Waals surface area contributed by atoms with Crippen LogP contribution in [0.15, 0.2) is 24.3 Å². The molecule has 92 valence electrons. The third kappa shape index (κ3) is 1.83. The fourth-order valence-corrected chi connectivity index (χ4v) is 2.62. The molecule has 1 aromatic rings. The van der Waals surface area contributed by atoms with Crippen LogP contribution >= 0.6 is 0 Å². The zero-order valence-corrected chi connectivity index (χ0v) is 10.4. The summed E-state index contributed by atoms with van der Waals surface area (Å²) in [5.41, 5.74) is 1.26. The second kappa shape index (κ2) is 4.00. The van der Waals surface area contributed by atoms with Gasteiger partial charge in [0, 0.05) is 11.1 Å². The van der Waals surface area contributed by atoms with Gasteiger partial charge in [0.2, 0.25) is 0 Å². The normalized spacial score (nSPS) is 35.6. The van der Waals surface area contributed by atoms with Crippen molar-refractivity contribution in [2.75, 3.05) is 13.2 Å². The molecule has 1 fully saturated rings. The summed E-state index contributed by atoms with van der Waals surface area (Å²) in [5, 5.41) is 3.67. The summed E-state index contributed by atoms with van der Waals surface area (Å²) in [4.78, 5) is 0. The lowest BCUT2D eigenvalue weighted by Gasteiger charge is -2.46. The van der Waals surface area contributed by atoms with Gasteiger partial charge in [-0.25, -0.2) is 0 Å². The number of para-hydroxylation sites is 1. The minimum Gasteiger partial charge on any atom is -0.491 e. The molecule has 1 saturated heterocycles. The van der Waals surface area contributed by atoms with E-state index in [1.807, 2.05) is 18.2 Å². The summed E-state index contributed by atoms with van der Waals surface area (Å²) in [6, 6.07) is 8.43. The third-order valence-electron chi connectivity index (χ3n) is 3.91. The summed E-state index contributed by atoms with van der Waals surface area (Å²) in [6.45, 7) is 5.86. The Hall–Kier alpha value is -1.06. The number of nitrogens with one attached hydrogen (secondary N) is 1. The highest BCUT2D eigenvalue weighted by molar-refractivity contribution is 5.38. The van der Waals surface area contributed by atoms with E-state index < -0.39 is 0 Å². The molecule has 2 aliphatic heterocycles. The van der Waals surface area contributed by atoms with Crippen LogP contribution in [0.5, 0.6) is 5.75 Å². The van der Waals surface area contributed by atoms with Gasteiger partial charge >= 0.3 is 0 Å². The summed E-state index contributed by atoms with van der Waals surface area (Å²) >= 11 is 0. The lowest BCUT2D eigenvalue weighted by Crippen LogP contribution is -2.60. The molecule has 0 amide bonds. The predicted molar refractivity (Wildman–Crippen MR) is 66.2 cm³/mol. The number of hydrogen-bond acceptors (Lipinski definition) is 3. The van der Waals surface area contributed by atoms with Gasteiger partial charge in [-0.2, -0.15) is 0 Å². The molecule has 1 N–H and O–H groups in total. The van der Waals surface area contributed by atoms with Crippen LogP contribution in [0.1, 0.15) is 31.9 Å². The standard InChI is InChI=1S/C14H19NO2/c1-3-14(2)9-17-13-10-6-4-5-7-12(10)16-8-11(13)15-14/h4-7,11,13,15H,3,8-9H2,1-2H3. The Morgan fingerprint density at radius 3 is 3.06 bits per heavy atom. The fourth-order valence-electron chi connectivity index (χ4n) is 2.62. The van der Waals surface area contributed by atoms with Gasteiger partial charge in [-0.05, 0) is 19.4 Å². The van der Waals surface area contributed by atoms with E-state index in [2.05, 4.69) is 25.2 Å². The summed E-state index contributed by atoms with van der Waals surface area (Å²) in [7, 11) is 0. The van der Waals surface area contributed by atoms with Crippen molar-refractivity contribution in [2.24, 2.45) is 0 Å². The van der Waals surface area contributed by atoms with E-state index in [0.29, 0.717) is 6.61 Å². The molecule has 2 aliphatic rings. The van der Waals surface area contributed by atoms with Crippen molar-refractivity contribution in [1.82, 2.24) is 5.32 Å². The third-order valence-corrected chi connectivity index (χ3v) is 3.91. The van der Waals surface area contributed by atoms with Crippen molar-refractivity contribution in [3.05, 3.63) is 29.8 Å². The molecule has 3 heteroatoms. The Morgan fingerprint density at radius 1 is 1.41 bits per heavy atom. The van der Waals surface area contributed by atoms with Crippen molar-refractivity contribution < 1.29 is 9.47 Å². The molecule has 1 aromatic carbocycles.